The Morgan fingerprint density at radius 1 is 1.00 bits per heavy atom. The normalized spacial score (nSPS) is 10.9. The first kappa shape index (κ1) is 23.2. The number of hydrogen-bond acceptors (Lipinski definition) is 4. The molecule has 3 rings (SSSR count). The number of rotatable bonds is 8. The Hall–Kier alpha value is -2.50. The molecule has 31 heavy (non-hydrogen) atoms. The van der Waals surface area contributed by atoms with Crippen molar-refractivity contribution in [3.8, 4) is 39.2 Å². The molecule has 160 valence electrons. The highest BCUT2D eigenvalue weighted by Crippen LogP contribution is 2.32. The van der Waals surface area contributed by atoms with Crippen molar-refractivity contribution in [1.29, 1.82) is 0 Å². The Balaban J connectivity index is 1.54. The highest BCUT2D eigenvalue weighted by Gasteiger charge is 2.07. The lowest BCUT2D eigenvalue weighted by molar-refractivity contribution is 0.303. The topological polar surface area (TPSA) is 12.5 Å². The Labute approximate surface area is 194 Å². The van der Waals surface area contributed by atoms with Crippen molar-refractivity contribution in [3.05, 3.63) is 64.4 Å². The summed E-state index contributed by atoms with van der Waals surface area (Å²) in [6.45, 7) is 11.5. The summed E-state index contributed by atoms with van der Waals surface area (Å²) in [6.07, 6.45) is 0. The van der Waals surface area contributed by atoms with Gasteiger partial charge in [-0.25, -0.2) is 0 Å². The predicted molar refractivity (Wildman–Crippen MR) is 134 cm³/mol. The van der Waals surface area contributed by atoms with Crippen molar-refractivity contribution >= 4 is 22.7 Å². The van der Waals surface area contributed by atoms with Crippen LogP contribution in [0.3, 0.4) is 0 Å². The van der Waals surface area contributed by atoms with E-state index in [1.807, 2.05) is 6.07 Å². The van der Waals surface area contributed by atoms with Crippen molar-refractivity contribution in [1.82, 2.24) is 4.90 Å². The third-order valence-electron chi connectivity index (χ3n) is 4.45. The summed E-state index contributed by atoms with van der Waals surface area (Å²) in [5, 5.41) is 2.11. The molecule has 0 aliphatic carbocycles. The van der Waals surface area contributed by atoms with E-state index >= 15 is 0 Å². The maximum absolute atomic E-state index is 6.07. The van der Waals surface area contributed by atoms with Gasteiger partial charge in [0.1, 0.15) is 12.4 Å². The first-order chi connectivity index (χ1) is 14.9. The van der Waals surface area contributed by atoms with Crippen LogP contribution in [0.4, 0.5) is 0 Å². The Morgan fingerprint density at radius 2 is 1.87 bits per heavy atom. The smallest absolute Gasteiger partial charge is 0.122 e. The fourth-order valence-corrected chi connectivity index (χ4v) is 4.60. The molecular formula is C27H29NOS2. The second-order valence-corrected chi connectivity index (χ2v) is 10.4. The lowest BCUT2D eigenvalue weighted by atomic mass is 9.98. The van der Waals surface area contributed by atoms with Gasteiger partial charge in [-0.15, -0.1) is 22.7 Å². The van der Waals surface area contributed by atoms with Crippen LogP contribution in [0.2, 0.25) is 0 Å². The zero-order valence-corrected chi connectivity index (χ0v) is 20.3. The summed E-state index contributed by atoms with van der Waals surface area (Å²) >= 11 is 3.56. The molecule has 0 N–H and O–H groups in total. The largest absolute Gasteiger partial charge is 0.488 e. The summed E-state index contributed by atoms with van der Waals surface area (Å²) < 4.78 is 6.07. The zero-order valence-electron chi connectivity index (χ0n) is 18.7. The van der Waals surface area contributed by atoms with Gasteiger partial charge in [0, 0.05) is 26.6 Å². The van der Waals surface area contributed by atoms with Crippen molar-refractivity contribution < 1.29 is 4.74 Å². The maximum Gasteiger partial charge on any atom is 0.122 e. The highest BCUT2D eigenvalue weighted by atomic mass is 32.1. The Kier molecular flexibility index (Phi) is 8.38. The average Bonchev–Trinajstić information content (AvgIpc) is 3.42. The van der Waals surface area contributed by atoms with E-state index in [2.05, 4.69) is 104 Å². The molecule has 3 aromatic rings. The van der Waals surface area contributed by atoms with E-state index in [1.165, 1.54) is 20.2 Å². The van der Waals surface area contributed by atoms with Gasteiger partial charge < -0.3 is 4.74 Å². The van der Waals surface area contributed by atoms with E-state index in [0.717, 1.165) is 18.8 Å². The molecule has 0 saturated carbocycles. The van der Waals surface area contributed by atoms with Crippen molar-refractivity contribution in [2.45, 2.75) is 40.8 Å². The minimum atomic E-state index is -0.00576. The first-order valence-electron chi connectivity index (χ1n) is 10.5. The fraction of sp³-hybridized carbons (Fsp3) is 0.333. The summed E-state index contributed by atoms with van der Waals surface area (Å²) in [4.78, 5) is 6.15. The van der Waals surface area contributed by atoms with Crippen LogP contribution in [0.15, 0.2) is 53.9 Å². The lowest BCUT2D eigenvalue weighted by Crippen LogP contribution is -2.23. The molecule has 0 aliphatic rings. The minimum absolute atomic E-state index is 0.00576. The maximum atomic E-state index is 6.07. The number of benzene rings is 1. The van der Waals surface area contributed by atoms with Crippen LogP contribution in [0.1, 0.15) is 38.1 Å². The molecule has 4 heteroatoms. The van der Waals surface area contributed by atoms with E-state index in [0.29, 0.717) is 13.2 Å². The summed E-state index contributed by atoms with van der Waals surface area (Å²) in [5.74, 6) is 13.2. The average molecular weight is 448 g/mol. The van der Waals surface area contributed by atoms with Crippen LogP contribution < -0.4 is 4.74 Å². The molecule has 2 aromatic heterocycles. The molecule has 0 unspecified atom stereocenters. The molecule has 0 fully saturated rings. The number of thiophene rings is 2. The van der Waals surface area contributed by atoms with E-state index in [1.54, 1.807) is 22.7 Å². The standard InChI is InChI=1S/C27H29NOS2/c1-5-28(17-8-6-7-16-27(2,3)4)20-22-11-9-12-23(19-22)29-21-24-14-15-26(31-24)25-13-10-18-30-25/h9-15,18-19H,5,17,20-21H2,1-4H3. The van der Waals surface area contributed by atoms with Crippen molar-refractivity contribution in [3.63, 3.8) is 0 Å². The molecule has 0 saturated heterocycles. The molecule has 0 atom stereocenters. The molecule has 0 amide bonds. The molecule has 2 heterocycles. The third-order valence-corrected chi connectivity index (χ3v) is 6.57. The van der Waals surface area contributed by atoms with E-state index in [9.17, 15) is 0 Å². The van der Waals surface area contributed by atoms with Crippen LogP contribution in [0.5, 0.6) is 5.75 Å². The minimum Gasteiger partial charge on any atom is -0.488 e. The zero-order chi connectivity index (χ0) is 22.1. The molecular weight excluding hydrogens is 418 g/mol. The summed E-state index contributed by atoms with van der Waals surface area (Å²) in [6, 6.07) is 16.9. The Bertz CT molecular complexity index is 1080. The molecule has 1 aromatic carbocycles. The summed E-state index contributed by atoms with van der Waals surface area (Å²) in [5.41, 5.74) is 1.22. The molecule has 0 radical (unpaired) electrons. The van der Waals surface area contributed by atoms with Crippen LogP contribution >= 0.6 is 22.7 Å². The monoisotopic (exact) mass is 447 g/mol. The highest BCUT2D eigenvalue weighted by molar-refractivity contribution is 7.21. The van der Waals surface area contributed by atoms with Crippen LogP contribution in [-0.4, -0.2) is 18.0 Å². The van der Waals surface area contributed by atoms with Gasteiger partial charge >= 0.3 is 0 Å². The SMILES string of the molecule is CCN(CC#CC#CC(C)(C)C)Cc1cccc(OCc2ccc(-c3cccs3)s2)c1. The van der Waals surface area contributed by atoms with Gasteiger partial charge in [0.15, 0.2) is 0 Å². The van der Waals surface area contributed by atoms with Gasteiger partial charge in [0.05, 0.1) is 6.54 Å². The molecule has 0 spiro atoms. The number of nitrogens with zero attached hydrogens (tertiary/aromatic N) is 1. The van der Waals surface area contributed by atoms with Crippen LogP contribution in [0.25, 0.3) is 9.75 Å². The fourth-order valence-electron chi connectivity index (χ4n) is 2.85. The van der Waals surface area contributed by atoms with Gasteiger partial charge in [-0.2, -0.15) is 0 Å². The quantitative estimate of drug-likeness (QED) is 0.347. The lowest BCUT2D eigenvalue weighted by Gasteiger charge is -2.17. The van der Waals surface area contributed by atoms with Gasteiger partial charge in [0.2, 0.25) is 0 Å². The van der Waals surface area contributed by atoms with Crippen molar-refractivity contribution in [2.75, 3.05) is 13.1 Å². The van der Waals surface area contributed by atoms with E-state index in [4.69, 9.17) is 4.74 Å². The second-order valence-electron chi connectivity index (χ2n) is 8.28. The molecule has 2 nitrogen and oxygen atoms in total. The van der Waals surface area contributed by atoms with E-state index in [-0.39, 0.29) is 5.41 Å². The van der Waals surface area contributed by atoms with E-state index < -0.39 is 0 Å². The number of hydrogen-bond donors (Lipinski definition) is 0. The van der Waals surface area contributed by atoms with Crippen LogP contribution in [0, 0.1) is 29.1 Å². The van der Waals surface area contributed by atoms with Gasteiger partial charge in [-0.1, -0.05) is 37.0 Å². The van der Waals surface area contributed by atoms with Crippen molar-refractivity contribution in [2.24, 2.45) is 5.41 Å². The summed E-state index contributed by atoms with van der Waals surface area (Å²) in [7, 11) is 0. The molecule has 0 aliphatic heterocycles. The Morgan fingerprint density at radius 3 is 2.61 bits per heavy atom. The van der Waals surface area contributed by atoms with Gasteiger partial charge in [-0.05, 0) is 80.4 Å². The predicted octanol–water partition coefficient (Wildman–Crippen LogP) is 6.93. The van der Waals surface area contributed by atoms with Gasteiger partial charge in [-0.3, -0.25) is 4.90 Å². The third kappa shape index (κ3) is 7.93. The van der Waals surface area contributed by atoms with Crippen LogP contribution in [-0.2, 0) is 13.2 Å². The molecule has 0 bridgehead atoms. The number of ether oxygens (including phenoxy) is 1. The second kappa shape index (κ2) is 11.2. The van der Waals surface area contributed by atoms with Gasteiger partial charge in [0.25, 0.3) is 0 Å². The first-order valence-corrected chi connectivity index (χ1v) is 12.2.